The van der Waals surface area contributed by atoms with Gasteiger partial charge < -0.3 is 5.73 Å². The minimum absolute atomic E-state index is 0.0422. The summed E-state index contributed by atoms with van der Waals surface area (Å²) in [5, 5.41) is 0. The summed E-state index contributed by atoms with van der Waals surface area (Å²) >= 11 is 3.92. The molecule has 4 heteroatoms. The van der Waals surface area contributed by atoms with Gasteiger partial charge in [0.1, 0.15) is 11.6 Å². The van der Waals surface area contributed by atoms with Crippen LogP contribution in [0.25, 0.3) is 6.08 Å². The maximum atomic E-state index is 12.8. The SMILES string of the molecule is Nc1c(F)cc(F)cc1C=CCS. The zero-order valence-electron chi connectivity index (χ0n) is 6.80. The van der Waals surface area contributed by atoms with Crippen LogP contribution >= 0.6 is 12.6 Å². The van der Waals surface area contributed by atoms with Crippen LogP contribution in [-0.2, 0) is 0 Å². The highest BCUT2D eigenvalue weighted by Gasteiger charge is 2.04. The van der Waals surface area contributed by atoms with Gasteiger partial charge in [0.2, 0.25) is 0 Å². The van der Waals surface area contributed by atoms with E-state index < -0.39 is 11.6 Å². The molecule has 1 aromatic carbocycles. The molecule has 2 N–H and O–H groups in total. The lowest BCUT2D eigenvalue weighted by atomic mass is 10.1. The number of nitrogens with two attached hydrogens (primary N) is 1. The van der Waals surface area contributed by atoms with Crippen LogP contribution in [0.3, 0.4) is 0 Å². The van der Waals surface area contributed by atoms with Gasteiger partial charge in [-0.3, -0.25) is 0 Å². The normalized spacial score (nSPS) is 11.0. The van der Waals surface area contributed by atoms with Gasteiger partial charge in [-0.25, -0.2) is 8.78 Å². The molecule has 0 aliphatic carbocycles. The lowest BCUT2D eigenvalue weighted by Gasteiger charge is -2.01. The number of nitrogen functional groups attached to an aromatic ring is 1. The quantitative estimate of drug-likeness (QED) is 0.558. The fraction of sp³-hybridized carbons (Fsp3) is 0.111. The Bertz CT molecular complexity index is 337. The minimum Gasteiger partial charge on any atom is -0.396 e. The Morgan fingerprint density at radius 1 is 1.38 bits per heavy atom. The third-order valence-electron chi connectivity index (χ3n) is 1.53. The molecule has 0 fully saturated rings. The van der Waals surface area contributed by atoms with E-state index in [-0.39, 0.29) is 5.69 Å². The molecular weight excluding hydrogens is 192 g/mol. The lowest BCUT2D eigenvalue weighted by Crippen LogP contribution is -1.95. The topological polar surface area (TPSA) is 26.0 Å². The van der Waals surface area contributed by atoms with Crippen molar-refractivity contribution in [3.63, 3.8) is 0 Å². The number of hydrogen-bond donors (Lipinski definition) is 2. The molecule has 1 rings (SSSR count). The van der Waals surface area contributed by atoms with E-state index >= 15 is 0 Å². The van der Waals surface area contributed by atoms with E-state index in [1.165, 1.54) is 12.1 Å². The second-order valence-electron chi connectivity index (χ2n) is 2.48. The van der Waals surface area contributed by atoms with Gasteiger partial charge in [-0.2, -0.15) is 12.6 Å². The summed E-state index contributed by atoms with van der Waals surface area (Å²) in [5.41, 5.74) is 5.67. The maximum absolute atomic E-state index is 12.8. The monoisotopic (exact) mass is 201 g/mol. The van der Waals surface area contributed by atoms with Crippen molar-refractivity contribution in [1.82, 2.24) is 0 Å². The van der Waals surface area contributed by atoms with Crippen molar-refractivity contribution in [2.75, 3.05) is 11.5 Å². The Hall–Kier alpha value is -1.03. The molecule has 0 saturated heterocycles. The summed E-state index contributed by atoms with van der Waals surface area (Å²) in [4.78, 5) is 0. The van der Waals surface area contributed by atoms with Crippen LogP contribution in [0, 0.1) is 11.6 Å². The molecule has 0 aliphatic heterocycles. The van der Waals surface area contributed by atoms with Gasteiger partial charge in [-0.1, -0.05) is 12.2 Å². The van der Waals surface area contributed by atoms with Gasteiger partial charge in [0, 0.05) is 17.4 Å². The fourth-order valence-electron chi connectivity index (χ4n) is 0.922. The molecule has 1 aromatic rings. The van der Waals surface area contributed by atoms with Gasteiger partial charge in [0.25, 0.3) is 0 Å². The summed E-state index contributed by atoms with van der Waals surface area (Å²) in [6, 6.07) is 1.94. The highest BCUT2D eigenvalue weighted by Crippen LogP contribution is 2.19. The summed E-state index contributed by atoms with van der Waals surface area (Å²) in [7, 11) is 0. The van der Waals surface area contributed by atoms with Crippen LogP contribution in [0.15, 0.2) is 18.2 Å². The Labute approximate surface area is 80.7 Å². The Morgan fingerprint density at radius 3 is 2.69 bits per heavy atom. The Kier molecular flexibility index (Phi) is 3.31. The third-order valence-corrected chi connectivity index (χ3v) is 1.74. The zero-order chi connectivity index (χ0) is 9.84. The van der Waals surface area contributed by atoms with E-state index in [4.69, 9.17) is 5.73 Å². The van der Waals surface area contributed by atoms with E-state index in [0.717, 1.165) is 6.07 Å². The second kappa shape index (κ2) is 4.28. The molecule has 0 aliphatic rings. The predicted octanol–water partition coefficient (Wildman–Crippen LogP) is 2.49. The standard InChI is InChI=1S/C9H9F2NS/c10-7-4-6(2-1-3-13)9(12)8(11)5-7/h1-2,4-5,13H,3,12H2. The molecule has 0 saturated carbocycles. The molecule has 0 radical (unpaired) electrons. The molecule has 0 bridgehead atoms. The summed E-state index contributed by atoms with van der Waals surface area (Å²) < 4.78 is 25.5. The number of hydrogen-bond acceptors (Lipinski definition) is 2. The van der Waals surface area contributed by atoms with E-state index in [1.807, 2.05) is 0 Å². The molecule has 0 heterocycles. The van der Waals surface area contributed by atoms with Gasteiger partial charge in [-0.05, 0) is 6.07 Å². The molecule has 0 spiro atoms. The molecule has 13 heavy (non-hydrogen) atoms. The number of rotatable bonds is 2. The van der Waals surface area contributed by atoms with E-state index in [9.17, 15) is 8.78 Å². The van der Waals surface area contributed by atoms with Crippen molar-refractivity contribution in [2.24, 2.45) is 0 Å². The average molecular weight is 201 g/mol. The van der Waals surface area contributed by atoms with Crippen LogP contribution in [0.1, 0.15) is 5.56 Å². The van der Waals surface area contributed by atoms with Gasteiger partial charge in [0.05, 0.1) is 5.69 Å². The maximum Gasteiger partial charge on any atom is 0.149 e. The van der Waals surface area contributed by atoms with Crippen LogP contribution in [0.2, 0.25) is 0 Å². The van der Waals surface area contributed by atoms with Crippen LogP contribution < -0.4 is 5.73 Å². The largest absolute Gasteiger partial charge is 0.396 e. The van der Waals surface area contributed by atoms with Gasteiger partial charge in [0.15, 0.2) is 0 Å². The van der Waals surface area contributed by atoms with Crippen LogP contribution in [0.4, 0.5) is 14.5 Å². The van der Waals surface area contributed by atoms with E-state index in [2.05, 4.69) is 12.6 Å². The van der Waals surface area contributed by atoms with E-state index in [0.29, 0.717) is 11.3 Å². The summed E-state index contributed by atoms with van der Waals surface area (Å²) in [5.74, 6) is -0.873. The molecule has 1 nitrogen and oxygen atoms in total. The fourth-order valence-corrected chi connectivity index (χ4v) is 1.03. The summed E-state index contributed by atoms with van der Waals surface area (Å²) in [6.45, 7) is 0. The highest BCUT2D eigenvalue weighted by molar-refractivity contribution is 7.80. The zero-order valence-corrected chi connectivity index (χ0v) is 7.69. The molecule has 0 amide bonds. The number of anilines is 1. The molecule has 70 valence electrons. The third kappa shape index (κ3) is 2.45. The number of halogens is 2. The van der Waals surface area contributed by atoms with E-state index in [1.54, 1.807) is 6.08 Å². The molecule has 0 atom stereocenters. The van der Waals surface area contributed by atoms with Crippen LogP contribution in [0.5, 0.6) is 0 Å². The molecule has 0 unspecified atom stereocenters. The van der Waals surface area contributed by atoms with Crippen molar-refractivity contribution < 1.29 is 8.78 Å². The van der Waals surface area contributed by atoms with Crippen molar-refractivity contribution in [1.29, 1.82) is 0 Å². The first-order valence-corrected chi connectivity index (χ1v) is 4.30. The molecular formula is C9H9F2NS. The number of benzene rings is 1. The van der Waals surface area contributed by atoms with Crippen molar-refractivity contribution in [3.05, 3.63) is 35.4 Å². The summed E-state index contributed by atoms with van der Waals surface area (Å²) in [6.07, 6.45) is 3.20. The van der Waals surface area contributed by atoms with Gasteiger partial charge in [-0.15, -0.1) is 0 Å². The van der Waals surface area contributed by atoms with Gasteiger partial charge >= 0.3 is 0 Å². The molecule has 0 aromatic heterocycles. The first kappa shape index (κ1) is 10.1. The Balaban J connectivity index is 3.12. The van der Waals surface area contributed by atoms with Crippen molar-refractivity contribution in [3.8, 4) is 0 Å². The predicted molar refractivity (Wildman–Crippen MR) is 53.7 cm³/mol. The van der Waals surface area contributed by atoms with Crippen molar-refractivity contribution in [2.45, 2.75) is 0 Å². The number of thiol groups is 1. The Morgan fingerprint density at radius 2 is 2.08 bits per heavy atom. The minimum atomic E-state index is -0.737. The van der Waals surface area contributed by atoms with Crippen LogP contribution in [-0.4, -0.2) is 5.75 Å². The van der Waals surface area contributed by atoms with Crippen molar-refractivity contribution >= 4 is 24.4 Å². The first-order chi connectivity index (χ1) is 6.15. The smallest absolute Gasteiger partial charge is 0.149 e. The highest BCUT2D eigenvalue weighted by atomic mass is 32.1. The lowest BCUT2D eigenvalue weighted by molar-refractivity contribution is 0.586. The average Bonchev–Trinajstić information content (AvgIpc) is 2.09. The second-order valence-corrected chi connectivity index (χ2v) is 2.84. The first-order valence-electron chi connectivity index (χ1n) is 3.67.